The molecule has 1 aliphatic rings. The van der Waals surface area contributed by atoms with Gasteiger partial charge in [0.2, 0.25) is 17.7 Å². The molecule has 1 aromatic heterocycles. The van der Waals surface area contributed by atoms with Crippen molar-refractivity contribution in [3.05, 3.63) is 68.8 Å². The van der Waals surface area contributed by atoms with E-state index in [2.05, 4.69) is 10.2 Å². The molecule has 3 aromatic rings. The van der Waals surface area contributed by atoms with Gasteiger partial charge >= 0.3 is 0 Å². The molecule has 0 N–H and O–H groups in total. The van der Waals surface area contributed by atoms with Crippen LogP contribution >= 0.6 is 11.8 Å². The van der Waals surface area contributed by atoms with Crippen LogP contribution in [-0.4, -0.2) is 37.1 Å². The number of amides is 2. The number of non-ortho nitro benzene ring substituents is 2. The first-order valence-corrected chi connectivity index (χ1v) is 9.57. The summed E-state index contributed by atoms with van der Waals surface area (Å²) >= 11 is 0.901. The van der Waals surface area contributed by atoms with Gasteiger partial charge in [0.25, 0.3) is 16.6 Å². The molecule has 0 bridgehead atoms. The molecule has 12 nitrogen and oxygen atoms in total. The first-order chi connectivity index (χ1) is 14.8. The maximum absolute atomic E-state index is 12.7. The second-order valence-corrected chi connectivity index (χ2v) is 7.49. The summed E-state index contributed by atoms with van der Waals surface area (Å²) in [5.74, 6) is -0.941. The number of aromatic nitrogens is 2. The minimum Gasteiger partial charge on any atom is -0.411 e. The Morgan fingerprint density at radius 2 is 1.71 bits per heavy atom. The third-order valence-electron chi connectivity index (χ3n) is 4.38. The third kappa shape index (κ3) is 3.98. The van der Waals surface area contributed by atoms with E-state index in [-0.39, 0.29) is 34.6 Å². The van der Waals surface area contributed by atoms with E-state index in [4.69, 9.17) is 4.42 Å². The molecule has 1 fully saturated rings. The van der Waals surface area contributed by atoms with Crippen LogP contribution in [0.5, 0.6) is 0 Å². The number of carbonyl (C=O) groups excluding carboxylic acids is 2. The third-order valence-corrected chi connectivity index (χ3v) is 5.40. The van der Waals surface area contributed by atoms with E-state index in [1.807, 2.05) is 0 Å². The van der Waals surface area contributed by atoms with Gasteiger partial charge in [0.1, 0.15) is 5.25 Å². The molecule has 156 valence electrons. The average Bonchev–Trinajstić information content (AvgIpc) is 3.33. The van der Waals surface area contributed by atoms with Crippen molar-refractivity contribution < 1.29 is 23.9 Å². The second-order valence-electron chi connectivity index (χ2n) is 6.33. The lowest BCUT2D eigenvalue weighted by Crippen LogP contribution is -2.31. The van der Waals surface area contributed by atoms with Gasteiger partial charge in [0.05, 0.1) is 15.5 Å². The van der Waals surface area contributed by atoms with E-state index >= 15 is 0 Å². The van der Waals surface area contributed by atoms with Gasteiger partial charge in [-0.3, -0.25) is 29.8 Å². The molecule has 31 heavy (non-hydrogen) atoms. The summed E-state index contributed by atoms with van der Waals surface area (Å²) in [5.41, 5.74) is 0.273. The lowest BCUT2D eigenvalue weighted by atomic mass is 10.2. The number of hydrogen-bond acceptors (Lipinski definition) is 10. The highest BCUT2D eigenvalue weighted by atomic mass is 32.2. The highest BCUT2D eigenvalue weighted by Crippen LogP contribution is 2.35. The topological polar surface area (TPSA) is 163 Å². The summed E-state index contributed by atoms with van der Waals surface area (Å²) in [5, 5.41) is 28.6. The van der Waals surface area contributed by atoms with E-state index in [9.17, 15) is 29.8 Å². The molecular weight excluding hydrogens is 430 g/mol. The van der Waals surface area contributed by atoms with Crippen LogP contribution in [0.15, 0.2) is 58.2 Å². The number of nitro benzene ring substituents is 2. The number of anilines is 1. The molecule has 13 heteroatoms. The van der Waals surface area contributed by atoms with Gasteiger partial charge in [-0.15, -0.1) is 10.2 Å². The number of thioether (sulfide) groups is 1. The molecule has 1 saturated heterocycles. The van der Waals surface area contributed by atoms with Crippen molar-refractivity contribution >= 4 is 40.6 Å². The Labute approximate surface area is 177 Å². The Kier molecular flexibility index (Phi) is 5.17. The van der Waals surface area contributed by atoms with E-state index in [1.165, 1.54) is 42.5 Å². The molecule has 2 amide bonds. The van der Waals surface area contributed by atoms with Gasteiger partial charge in [-0.2, -0.15) is 0 Å². The molecule has 2 heterocycles. The Bertz CT molecular complexity index is 1210. The molecule has 0 radical (unpaired) electrons. The zero-order valence-corrected chi connectivity index (χ0v) is 16.2. The van der Waals surface area contributed by atoms with Gasteiger partial charge in [0, 0.05) is 36.2 Å². The number of nitrogens with zero attached hydrogens (tertiary/aromatic N) is 5. The van der Waals surface area contributed by atoms with E-state index in [0.29, 0.717) is 5.56 Å². The summed E-state index contributed by atoms with van der Waals surface area (Å²) in [4.78, 5) is 46.6. The summed E-state index contributed by atoms with van der Waals surface area (Å²) in [6, 6.07) is 10.7. The molecule has 2 aromatic carbocycles. The number of benzene rings is 2. The minimum absolute atomic E-state index is 0.0261. The van der Waals surface area contributed by atoms with Crippen LogP contribution in [0.1, 0.15) is 6.42 Å². The average molecular weight is 441 g/mol. The molecular formula is C18H11N5O7S. The smallest absolute Gasteiger partial charge is 0.277 e. The predicted octanol–water partition coefficient (Wildman–Crippen LogP) is 2.98. The quantitative estimate of drug-likeness (QED) is 0.315. The maximum Gasteiger partial charge on any atom is 0.277 e. The van der Waals surface area contributed by atoms with E-state index in [0.717, 1.165) is 16.7 Å². The van der Waals surface area contributed by atoms with Crippen molar-refractivity contribution in [3.8, 4) is 11.5 Å². The largest absolute Gasteiger partial charge is 0.411 e. The van der Waals surface area contributed by atoms with Crippen LogP contribution in [0.2, 0.25) is 0 Å². The van der Waals surface area contributed by atoms with Crippen molar-refractivity contribution in [1.29, 1.82) is 0 Å². The fraction of sp³-hybridized carbons (Fsp3) is 0.111. The monoisotopic (exact) mass is 441 g/mol. The lowest BCUT2D eigenvalue weighted by molar-refractivity contribution is -0.385. The summed E-state index contributed by atoms with van der Waals surface area (Å²) in [6.07, 6.45) is -0.116. The van der Waals surface area contributed by atoms with Crippen molar-refractivity contribution in [3.63, 3.8) is 0 Å². The fourth-order valence-electron chi connectivity index (χ4n) is 2.94. The molecule has 1 unspecified atom stereocenters. The number of nitro groups is 2. The Morgan fingerprint density at radius 3 is 2.39 bits per heavy atom. The SMILES string of the molecule is O=C1CC(Sc2nnc(-c3cccc([N+](=O)[O-])c3)o2)C(=O)N1c1ccc([N+](=O)[O-])cc1. The fourth-order valence-corrected chi connectivity index (χ4v) is 3.83. The molecule has 1 atom stereocenters. The molecule has 1 aliphatic heterocycles. The van der Waals surface area contributed by atoms with Crippen LogP contribution in [0.4, 0.5) is 17.1 Å². The van der Waals surface area contributed by atoms with Crippen molar-refractivity contribution in [2.45, 2.75) is 16.9 Å². The minimum atomic E-state index is -0.818. The van der Waals surface area contributed by atoms with Crippen LogP contribution in [0, 0.1) is 20.2 Å². The van der Waals surface area contributed by atoms with Crippen molar-refractivity contribution in [2.75, 3.05) is 4.90 Å². The van der Waals surface area contributed by atoms with Crippen LogP contribution in [0.3, 0.4) is 0 Å². The maximum atomic E-state index is 12.7. The molecule has 0 aliphatic carbocycles. The summed E-state index contributed by atoms with van der Waals surface area (Å²) < 4.78 is 5.49. The first-order valence-electron chi connectivity index (χ1n) is 8.70. The van der Waals surface area contributed by atoms with Gasteiger partial charge in [-0.1, -0.05) is 17.8 Å². The Balaban J connectivity index is 1.50. The highest BCUT2D eigenvalue weighted by Gasteiger charge is 2.41. The zero-order chi connectivity index (χ0) is 22.1. The number of carbonyl (C=O) groups is 2. The number of rotatable bonds is 6. The number of imide groups is 1. The highest BCUT2D eigenvalue weighted by molar-refractivity contribution is 8.00. The standard InChI is InChI=1S/C18H11N5O7S/c24-15-9-14(17(25)21(15)11-4-6-12(7-5-11)22(26)27)31-18-20-19-16(30-18)10-2-1-3-13(8-10)23(28)29/h1-8,14H,9H2. The first kappa shape index (κ1) is 20.2. The normalized spacial score (nSPS) is 16.0. The molecule has 0 saturated carbocycles. The summed E-state index contributed by atoms with van der Waals surface area (Å²) in [6.45, 7) is 0. The van der Waals surface area contributed by atoms with Crippen molar-refractivity contribution in [2.24, 2.45) is 0 Å². The number of hydrogen-bond donors (Lipinski definition) is 0. The van der Waals surface area contributed by atoms with Gasteiger partial charge < -0.3 is 4.42 Å². The van der Waals surface area contributed by atoms with Crippen LogP contribution in [-0.2, 0) is 9.59 Å². The molecule has 4 rings (SSSR count). The second kappa shape index (κ2) is 7.95. The lowest BCUT2D eigenvalue weighted by Gasteiger charge is -2.14. The molecule has 0 spiro atoms. The zero-order valence-electron chi connectivity index (χ0n) is 15.4. The predicted molar refractivity (Wildman–Crippen MR) is 106 cm³/mol. The van der Waals surface area contributed by atoms with Crippen molar-refractivity contribution in [1.82, 2.24) is 10.2 Å². The van der Waals surface area contributed by atoms with Gasteiger partial charge in [-0.25, -0.2) is 4.90 Å². The van der Waals surface area contributed by atoms with Gasteiger partial charge in [-0.05, 0) is 18.2 Å². The Hall–Kier alpha value is -4.13. The van der Waals surface area contributed by atoms with E-state index < -0.39 is 26.9 Å². The van der Waals surface area contributed by atoms with E-state index in [1.54, 1.807) is 6.07 Å². The van der Waals surface area contributed by atoms with Crippen LogP contribution < -0.4 is 4.90 Å². The Morgan fingerprint density at radius 1 is 1.00 bits per heavy atom. The summed E-state index contributed by atoms with van der Waals surface area (Å²) in [7, 11) is 0. The van der Waals surface area contributed by atoms with Crippen LogP contribution in [0.25, 0.3) is 11.5 Å². The van der Waals surface area contributed by atoms with Gasteiger partial charge in [0.15, 0.2) is 0 Å².